The number of hydrogen-bond donors (Lipinski definition) is 1. The molecule has 2 aliphatic rings. The summed E-state index contributed by atoms with van der Waals surface area (Å²) in [5.74, 6) is 1.58. The fourth-order valence-electron chi connectivity index (χ4n) is 3.23. The average molecular weight is 371 g/mol. The smallest absolute Gasteiger partial charge is 0.255 e. The lowest BCUT2D eigenvalue weighted by molar-refractivity contribution is 0.0949. The van der Waals surface area contributed by atoms with E-state index in [9.17, 15) is 4.79 Å². The predicted octanol–water partition coefficient (Wildman–Crippen LogP) is 3.69. The molecule has 26 heavy (non-hydrogen) atoms. The highest BCUT2D eigenvalue weighted by atomic mass is 35.5. The van der Waals surface area contributed by atoms with E-state index in [1.54, 1.807) is 25.4 Å². The van der Waals surface area contributed by atoms with Gasteiger partial charge in [0.05, 0.1) is 17.2 Å². The van der Waals surface area contributed by atoms with Crippen LogP contribution < -0.4 is 5.32 Å². The van der Waals surface area contributed by atoms with Crippen LogP contribution in [0.4, 0.5) is 5.88 Å². The maximum atomic E-state index is 12.9. The first kappa shape index (κ1) is 16.8. The van der Waals surface area contributed by atoms with Crippen molar-refractivity contribution in [3.8, 4) is 0 Å². The highest BCUT2D eigenvalue weighted by molar-refractivity contribution is 6.30. The summed E-state index contributed by atoms with van der Waals surface area (Å²) in [6.45, 7) is 5.07. The van der Waals surface area contributed by atoms with Crippen molar-refractivity contribution in [3.05, 3.63) is 51.7 Å². The van der Waals surface area contributed by atoms with Crippen LogP contribution in [0.15, 0.2) is 38.7 Å². The number of fused-ring (bicyclic) bond motifs is 3. The average Bonchev–Trinajstić information content (AvgIpc) is 3.20. The molecule has 1 N–H and O–H groups in total. The molecule has 1 atom stereocenters. The minimum atomic E-state index is -0.192. The maximum absolute atomic E-state index is 12.9. The number of rotatable bonds is 4. The van der Waals surface area contributed by atoms with Gasteiger partial charge in [-0.3, -0.25) is 9.79 Å². The SMILES string of the molecule is CCC1CN2C=Nc3oc(C)c(C(=O)NCc4ccc(Cl)cc4)c3C2=N1. The molecule has 1 aromatic carbocycles. The van der Waals surface area contributed by atoms with Gasteiger partial charge >= 0.3 is 0 Å². The lowest BCUT2D eigenvalue weighted by atomic mass is 10.1. The number of furan rings is 1. The van der Waals surface area contributed by atoms with Gasteiger partial charge in [0.2, 0.25) is 5.88 Å². The molecule has 4 rings (SSSR count). The molecule has 0 bridgehead atoms. The van der Waals surface area contributed by atoms with Gasteiger partial charge in [0.15, 0.2) is 0 Å². The van der Waals surface area contributed by atoms with Crippen LogP contribution >= 0.6 is 11.6 Å². The van der Waals surface area contributed by atoms with Crippen LogP contribution in [0, 0.1) is 6.92 Å². The quantitative estimate of drug-likeness (QED) is 0.892. The second-order valence-electron chi connectivity index (χ2n) is 6.43. The van der Waals surface area contributed by atoms with Gasteiger partial charge in [-0.15, -0.1) is 0 Å². The zero-order valence-electron chi connectivity index (χ0n) is 14.6. The number of amidine groups is 1. The van der Waals surface area contributed by atoms with E-state index in [0.29, 0.717) is 34.3 Å². The first-order valence-electron chi connectivity index (χ1n) is 8.62. The van der Waals surface area contributed by atoms with E-state index in [1.807, 2.05) is 17.0 Å². The number of benzene rings is 1. The lowest BCUT2D eigenvalue weighted by Gasteiger charge is -2.18. The van der Waals surface area contributed by atoms with Gasteiger partial charge in [-0.2, -0.15) is 0 Å². The third kappa shape index (κ3) is 2.90. The van der Waals surface area contributed by atoms with Gasteiger partial charge in [0.1, 0.15) is 17.9 Å². The molecule has 3 heterocycles. The molecule has 1 aromatic heterocycles. The van der Waals surface area contributed by atoms with Crippen LogP contribution in [-0.4, -0.2) is 35.6 Å². The predicted molar refractivity (Wildman–Crippen MR) is 102 cm³/mol. The van der Waals surface area contributed by atoms with Crippen molar-refractivity contribution in [3.63, 3.8) is 0 Å². The Hall–Kier alpha value is -2.60. The summed E-state index contributed by atoms with van der Waals surface area (Å²) in [4.78, 5) is 23.9. The molecule has 1 unspecified atom stereocenters. The molecule has 1 amide bonds. The normalized spacial score (nSPS) is 17.7. The Bertz CT molecular complexity index is 914. The van der Waals surface area contributed by atoms with Crippen molar-refractivity contribution in [1.29, 1.82) is 0 Å². The van der Waals surface area contributed by atoms with E-state index in [2.05, 4.69) is 17.2 Å². The Morgan fingerprint density at radius 1 is 1.38 bits per heavy atom. The molecular formula is C19H19ClN4O2. The van der Waals surface area contributed by atoms with Crippen LogP contribution in [0.1, 0.15) is 40.6 Å². The molecule has 0 fully saturated rings. The first-order chi connectivity index (χ1) is 12.6. The molecule has 2 aromatic rings. The minimum Gasteiger partial charge on any atom is -0.442 e. The van der Waals surface area contributed by atoms with E-state index in [4.69, 9.17) is 21.0 Å². The third-order valence-corrected chi connectivity index (χ3v) is 4.90. The number of carbonyl (C=O) groups excluding carboxylic acids is 1. The summed E-state index contributed by atoms with van der Waals surface area (Å²) in [6, 6.07) is 7.60. The monoisotopic (exact) mass is 370 g/mol. The van der Waals surface area contributed by atoms with Gasteiger partial charge in [-0.25, -0.2) is 4.99 Å². The molecule has 0 saturated carbocycles. The fourth-order valence-corrected chi connectivity index (χ4v) is 3.35. The van der Waals surface area contributed by atoms with Crippen molar-refractivity contribution in [2.45, 2.75) is 32.9 Å². The molecule has 0 aliphatic carbocycles. The second kappa shape index (κ2) is 6.61. The van der Waals surface area contributed by atoms with Crippen molar-refractivity contribution in [1.82, 2.24) is 10.2 Å². The molecule has 0 saturated heterocycles. The zero-order valence-corrected chi connectivity index (χ0v) is 15.4. The van der Waals surface area contributed by atoms with Crippen LogP contribution in [0.2, 0.25) is 5.02 Å². The highest BCUT2D eigenvalue weighted by Crippen LogP contribution is 2.35. The number of hydrogen-bond acceptors (Lipinski definition) is 5. The van der Waals surface area contributed by atoms with Gasteiger partial charge in [-0.1, -0.05) is 30.7 Å². The third-order valence-electron chi connectivity index (χ3n) is 4.65. The van der Waals surface area contributed by atoms with E-state index < -0.39 is 0 Å². The minimum absolute atomic E-state index is 0.192. The number of nitrogens with zero attached hydrogens (tertiary/aromatic N) is 3. The number of carbonyl (C=O) groups is 1. The van der Waals surface area contributed by atoms with Gasteiger partial charge < -0.3 is 14.6 Å². The summed E-state index contributed by atoms with van der Waals surface area (Å²) in [5, 5.41) is 3.62. The van der Waals surface area contributed by atoms with E-state index in [1.165, 1.54) is 0 Å². The summed E-state index contributed by atoms with van der Waals surface area (Å²) in [6.07, 6.45) is 2.67. The second-order valence-corrected chi connectivity index (χ2v) is 6.87. The van der Waals surface area contributed by atoms with Gasteiger partial charge in [0, 0.05) is 18.1 Å². The summed E-state index contributed by atoms with van der Waals surface area (Å²) >= 11 is 5.90. The standard InChI is InChI=1S/C19H19ClN4O2/c1-3-14-9-24-10-22-19-16(17(24)23-14)15(11(2)26-19)18(25)21-8-12-4-6-13(20)7-5-12/h4-7,10,14H,3,8-9H2,1-2H3,(H,21,25). The lowest BCUT2D eigenvalue weighted by Crippen LogP contribution is -2.32. The van der Waals surface area contributed by atoms with E-state index in [0.717, 1.165) is 24.4 Å². The van der Waals surface area contributed by atoms with E-state index >= 15 is 0 Å². The Balaban J connectivity index is 1.61. The van der Waals surface area contributed by atoms with Crippen LogP contribution in [0.3, 0.4) is 0 Å². The molecule has 2 aliphatic heterocycles. The van der Waals surface area contributed by atoms with Gasteiger partial charge in [-0.05, 0) is 31.0 Å². The highest BCUT2D eigenvalue weighted by Gasteiger charge is 2.35. The first-order valence-corrected chi connectivity index (χ1v) is 8.99. The Labute approximate surface area is 156 Å². The number of halogens is 1. The largest absolute Gasteiger partial charge is 0.442 e. The fraction of sp³-hybridized carbons (Fsp3) is 0.316. The topological polar surface area (TPSA) is 70.2 Å². The van der Waals surface area contributed by atoms with Crippen LogP contribution in [0.5, 0.6) is 0 Å². The molecular weight excluding hydrogens is 352 g/mol. The Morgan fingerprint density at radius 3 is 2.88 bits per heavy atom. The van der Waals surface area contributed by atoms with Crippen molar-refractivity contribution < 1.29 is 9.21 Å². The van der Waals surface area contributed by atoms with Gasteiger partial charge in [0.25, 0.3) is 5.91 Å². The number of aryl methyl sites for hydroxylation is 1. The number of amides is 1. The zero-order chi connectivity index (χ0) is 18.3. The molecule has 134 valence electrons. The molecule has 6 nitrogen and oxygen atoms in total. The Kier molecular flexibility index (Phi) is 4.28. The Morgan fingerprint density at radius 2 is 2.15 bits per heavy atom. The van der Waals surface area contributed by atoms with Crippen molar-refractivity contribution >= 4 is 35.6 Å². The van der Waals surface area contributed by atoms with Crippen molar-refractivity contribution in [2.24, 2.45) is 9.98 Å². The summed E-state index contributed by atoms with van der Waals surface area (Å²) in [5.41, 5.74) is 2.17. The maximum Gasteiger partial charge on any atom is 0.255 e. The number of aliphatic imine (C=N–C) groups is 2. The molecule has 7 heteroatoms. The van der Waals surface area contributed by atoms with E-state index in [-0.39, 0.29) is 11.9 Å². The van der Waals surface area contributed by atoms with Crippen molar-refractivity contribution in [2.75, 3.05) is 6.54 Å². The van der Waals surface area contributed by atoms with Crippen LogP contribution in [0.25, 0.3) is 0 Å². The molecule has 0 radical (unpaired) electrons. The molecule has 0 spiro atoms. The van der Waals surface area contributed by atoms with Crippen LogP contribution in [-0.2, 0) is 6.54 Å². The number of nitrogens with one attached hydrogen (secondary N) is 1. The summed E-state index contributed by atoms with van der Waals surface area (Å²) < 4.78 is 5.72. The summed E-state index contributed by atoms with van der Waals surface area (Å²) in [7, 11) is 0.